The van der Waals surface area contributed by atoms with Crippen LogP contribution < -0.4 is 5.32 Å². The number of nitrogens with zero attached hydrogens (tertiary/aromatic N) is 2. The highest BCUT2D eigenvalue weighted by Gasteiger charge is 2.37. The second kappa shape index (κ2) is 4.28. The van der Waals surface area contributed by atoms with Gasteiger partial charge in [-0.05, 0) is 27.9 Å². The summed E-state index contributed by atoms with van der Waals surface area (Å²) in [6.45, 7) is 5.23. The van der Waals surface area contributed by atoms with Crippen LogP contribution in [0.1, 0.15) is 13.8 Å². The minimum absolute atomic E-state index is 0.0267. The summed E-state index contributed by atoms with van der Waals surface area (Å²) in [7, 11) is 5.79. The van der Waals surface area contributed by atoms with Crippen LogP contribution in [-0.4, -0.2) is 61.5 Å². The Bertz CT molecular complexity index is 219. The normalized spacial score (nSPS) is 35.6. The van der Waals surface area contributed by atoms with Crippen molar-refractivity contribution in [2.75, 3.05) is 27.7 Å². The lowest BCUT2D eigenvalue weighted by Crippen LogP contribution is -2.63. The predicted octanol–water partition coefficient (Wildman–Crippen LogP) is -0.245. The molecule has 1 rings (SSSR count). The van der Waals surface area contributed by atoms with E-state index in [4.69, 9.17) is 0 Å². The molecule has 4 nitrogen and oxygen atoms in total. The van der Waals surface area contributed by atoms with Gasteiger partial charge in [0.05, 0.1) is 0 Å². The average molecular weight is 205 g/mol. The van der Waals surface area contributed by atoms with Gasteiger partial charge in [0.15, 0.2) is 0 Å². The van der Waals surface area contributed by atoms with E-state index < -0.39 is 0 Å². The Kier molecular flexibility index (Phi) is 3.50. The van der Waals surface area contributed by atoms with Gasteiger partial charge < -0.3 is 5.32 Å². The van der Waals surface area contributed by atoms with Crippen LogP contribution in [0.4, 0.5) is 0 Å². The smallest absolute Gasteiger partial charge is 0.238 e. The maximum absolute atomic E-state index is 11.7. The van der Waals surface area contributed by atoms with Crippen molar-refractivity contribution in [2.45, 2.75) is 32.0 Å². The van der Waals surface area contributed by atoms with Crippen molar-refractivity contribution < 1.29 is 4.79 Å². The molecule has 0 aliphatic carbocycles. The molecule has 0 bridgehead atoms. The molecule has 1 amide bonds. The fourth-order valence-corrected chi connectivity index (χ4v) is 2.22. The molecule has 14 heavy (non-hydrogen) atoms. The lowest BCUT2D eigenvalue weighted by molar-refractivity contribution is -0.130. The molecule has 1 heterocycles. The Morgan fingerprint density at radius 2 is 1.93 bits per heavy atom. The molecule has 1 saturated heterocycles. The van der Waals surface area contributed by atoms with Crippen molar-refractivity contribution in [2.24, 2.45) is 0 Å². The first kappa shape index (κ1) is 11.5. The number of nitrogens with one attached hydrogen (secondary N) is 1. The molecule has 0 spiro atoms. The first-order valence-corrected chi connectivity index (χ1v) is 5.12. The Morgan fingerprint density at radius 3 is 2.43 bits per heavy atom. The van der Waals surface area contributed by atoms with Gasteiger partial charge in [-0.1, -0.05) is 0 Å². The molecule has 0 aromatic rings. The third kappa shape index (κ3) is 1.91. The Hall–Kier alpha value is -0.610. The highest BCUT2D eigenvalue weighted by molar-refractivity contribution is 5.82. The summed E-state index contributed by atoms with van der Waals surface area (Å²) in [5.41, 5.74) is 0. The van der Waals surface area contributed by atoms with Gasteiger partial charge in [0.25, 0.3) is 0 Å². The molecular formula is C10H21N3O. The van der Waals surface area contributed by atoms with Gasteiger partial charge in [-0.2, -0.15) is 0 Å². The summed E-state index contributed by atoms with van der Waals surface area (Å²) in [4.78, 5) is 16.1. The fraction of sp³-hybridized carbons (Fsp3) is 0.900. The van der Waals surface area contributed by atoms with Crippen molar-refractivity contribution in [1.82, 2.24) is 15.1 Å². The molecule has 1 fully saturated rings. The molecule has 0 aromatic carbocycles. The third-order valence-electron chi connectivity index (χ3n) is 3.34. The Labute approximate surface area is 86.2 Å². The molecule has 1 N–H and O–H groups in total. The molecule has 0 radical (unpaired) electrons. The average Bonchev–Trinajstić information content (AvgIpc) is 2.14. The maximum Gasteiger partial charge on any atom is 0.238 e. The van der Waals surface area contributed by atoms with Gasteiger partial charge in [-0.3, -0.25) is 14.6 Å². The van der Waals surface area contributed by atoms with Crippen molar-refractivity contribution in [3.63, 3.8) is 0 Å². The van der Waals surface area contributed by atoms with E-state index in [0.717, 1.165) is 6.54 Å². The molecule has 1 aliphatic rings. The molecule has 3 atom stereocenters. The van der Waals surface area contributed by atoms with E-state index >= 15 is 0 Å². The highest BCUT2D eigenvalue weighted by Crippen LogP contribution is 2.18. The summed E-state index contributed by atoms with van der Waals surface area (Å²) in [5, 5.41) is 2.72. The number of carbonyl (C=O) groups excluding carboxylic acids is 1. The number of rotatable bonds is 1. The van der Waals surface area contributed by atoms with E-state index in [0.29, 0.717) is 6.04 Å². The number of amides is 1. The molecule has 82 valence electrons. The zero-order valence-corrected chi connectivity index (χ0v) is 9.74. The number of piperazine rings is 1. The molecule has 1 aliphatic heterocycles. The zero-order chi connectivity index (χ0) is 10.9. The van der Waals surface area contributed by atoms with Crippen LogP contribution in [0.25, 0.3) is 0 Å². The van der Waals surface area contributed by atoms with Gasteiger partial charge in [-0.15, -0.1) is 0 Å². The second-order valence-corrected chi connectivity index (χ2v) is 4.25. The number of hydrogen-bond acceptors (Lipinski definition) is 3. The van der Waals surface area contributed by atoms with Gasteiger partial charge in [-0.25, -0.2) is 0 Å². The second-order valence-electron chi connectivity index (χ2n) is 4.25. The fourth-order valence-electron chi connectivity index (χ4n) is 2.22. The SMILES string of the molecule is CC1[13CH2]N([13CH3])C(C(=O)[15NH][13CH3])C(C)[15N]1[13CH3]. The Morgan fingerprint density at radius 1 is 1.36 bits per heavy atom. The Balaban J connectivity index is 2.78. The van der Waals surface area contributed by atoms with Gasteiger partial charge in [0.1, 0.15) is 6.04 Å². The number of hydrogen-bond donors (Lipinski definition) is 1. The van der Waals surface area contributed by atoms with Crippen molar-refractivity contribution in [1.29, 1.82) is 0 Å². The standard InChI is InChI=1S/C10H21N3O/c1-7-6-12(4)9(10(14)11-3)8(2)13(7)5/h7-9H,6H2,1-5H3,(H,11,14)/i3+1,4+1,5+1,6+1,11+1,13+1. The number of carbonyl (C=O) groups is 1. The minimum atomic E-state index is -0.0267. The number of likely N-dealkylation sites (N-methyl/N-ethyl adjacent to an activating group) is 3. The molecule has 3 unspecified atom stereocenters. The summed E-state index contributed by atoms with van der Waals surface area (Å²) < 4.78 is 0. The third-order valence-corrected chi connectivity index (χ3v) is 3.34. The van der Waals surface area contributed by atoms with Gasteiger partial charge in [0, 0.05) is 25.7 Å². The predicted molar refractivity (Wildman–Crippen MR) is 57.2 cm³/mol. The first-order valence-electron chi connectivity index (χ1n) is 5.12. The van der Waals surface area contributed by atoms with Crippen LogP contribution >= 0.6 is 0 Å². The van der Waals surface area contributed by atoms with E-state index in [1.165, 1.54) is 0 Å². The topological polar surface area (TPSA) is 35.6 Å². The van der Waals surface area contributed by atoms with Crippen molar-refractivity contribution in [3.05, 3.63) is 0 Å². The van der Waals surface area contributed by atoms with Crippen molar-refractivity contribution in [3.8, 4) is 0 Å². The van der Waals surface area contributed by atoms with Crippen LogP contribution in [-0.2, 0) is 4.79 Å². The van der Waals surface area contributed by atoms with E-state index in [1.54, 1.807) is 7.05 Å². The van der Waals surface area contributed by atoms with E-state index in [9.17, 15) is 4.79 Å². The van der Waals surface area contributed by atoms with Crippen molar-refractivity contribution >= 4 is 5.91 Å². The van der Waals surface area contributed by atoms with Crippen LogP contribution in [0.15, 0.2) is 0 Å². The van der Waals surface area contributed by atoms with Gasteiger partial charge >= 0.3 is 0 Å². The van der Waals surface area contributed by atoms with Crippen LogP contribution in [0, 0.1) is 0 Å². The summed E-state index contributed by atoms with van der Waals surface area (Å²) >= 11 is 0. The van der Waals surface area contributed by atoms with Crippen LogP contribution in [0.5, 0.6) is 0 Å². The lowest BCUT2D eigenvalue weighted by atomic mass is 10.1. The molecular weight excluding hydrogens is 184 g/mol. The van der Waals surface area contributed by atoms with Crippen LogP contribution in [0.2, 0.25) is 0 Å². The quantitative estimate of drug-likeness (QED) is 0.474. The van der Waals surface area contributed by atoms with E-state index in [2.05, 4.69) is 36.0 Å². The van der Waals surface area contributed by atoms with E-state index in [-0.39, 0.29) is 18.0 Å². The minimum Gasteiger partial charge on any atom is -0.358 e. The van der Waals surface area contributed by atoms with E-state index in [1.807, 2.05) is 7.05 Å². The first-order chi connectivity index (χ1) is 6.49. The largest absolute Gasteiger partial charge is 0.358 e. The summed E-state index contributed by atoms with van der Waals surface area (Å²) in [6, 6.07) is 0.751. The molecule has 0 saturated carbocycles. The summed E-state index contributed by atoms with van der Waals surface area (Å²) in [6.07, 6.45) is 0. The maximum atomic E-state index is 11.7. The molecule has 4 heteroatoms. The highest BCUT2D eigenvalue weighted by atomic mass is 16.2. The monoisotopic (exact) mass is 205 g/mol. The molecule has 0 aromatic heterocycles. The zero-order valence-electron chi connectivity index (χ0n) is 9.74. The van der Waals surface area contributed by atoms with Gasteiger partial charge in [0.2, 0.25) is 5.91 Å². The lowest BCUT2D eigenvalue weighted by Gasteiger charge is -2.46. The summed E-state index contributed by atoms with van der Waals surface area (Å²) in [5.74, 6) is 0.110. The van der Waals surface area contributed by atoms with Crippen LogP contribution in [0.3, 0.4) is 0 Å².